The summed E-state index contributed by atoms with van der Waals surface area (Å²) >= 11 is 0. The van der Waals surface area contributed by atoms with Gasteiger partial charge in [0, 0.05) is 6.42 Å². The number of benzene rings is 1. The van der Waals surface area contributed by atoms with Crippen LogP contribution in [0.1, 0.15) is 37.2 Å². The molecule has 1 aromatic heterocycles. The zero-order chi connectivity index (χ0) is 12.3. The van der Waals surface area contributed by atoms with Crippen molar-refractivity contribution in [1.82, 2.24) is 10.2 Å². The van der Waals surface area contributed by atoms with Gasteiger partial charge in [0.2, 0.25) is 11.8 Å². The van der Waals surface area contributed by atoms with Gasteiger partial charge >= 0.3 is 0 Å². The first-order chi connectivity index (χ1) is 8.16. The monoisotopic (exact) mass is 231 g/mol. The van der Waals surface area contributed by atoms with Crippen LogP contribution in [0, 0.1) is 5.92 Å². The Morgan fingerprint density at radius 2 is 1.88 bits per heavy atom. The summed E-state index contributed by atoms with van der Waals surface area (Å²) in [7, 11) is 0. The molecular formula is C13H17N3O. The highest BCUT2D eigenvalue weighted by Crippen LogP contribution is 2.18. The van der Waals surface area contributed by atoms with Crippen LogP contribution in [-0.4, -0.2) is 10.2 Å². The normalized spacial score (nSPS) is 12.9. The van der Waals surface area contributed by atoms with Gasteiger partial charge in [-0.2, -0.15) is 0 Å². The molecule has 0 saturated heterocycles. The van der Waals surface area contributed by atoms with E-state index in [-0.39, 0.29) is 6.04 Å². The van der Waals surface area contributed by atoms with Crippen molar-refractivity contribution in [2.24, 2.45) is 11.7 Å². The topological polar surface area (TPSA) is 64.9 Å². The average molecular weight is 231 g/mol. The van der Waals surface area contributed by atoms with Crippen LogP contribution < -0.4 is 5.73 Å². The SMILES string of the molecule is CC(C)Cc1nnc(C(N)c2ccccc2)o1. The van der Waals surface area contributed by atoms with Crippen molar-refractivity contribution < 1.29 is 4.42 Å². The highest BCUT2D eigenvalue weighted by atomic mass is 16.4. The molecule has 1 aromatic carbocycles. The largest absolute Gasteiger partial charge is 0.423 e. The van der Waals surface area contributed by atoms with Gasteiger partial charge in [-0.25, -0.2) is 0 Å². The average Bonchev–Trinajstić information content (AvgIpc) is 2.77. The Balaban J connectivity index is 2.15. The minimum absolute atomic E-state index is 0.343. The molecule has 0 saturated carbocycles. The summed E-state index contributed by atoms with van der Waals surface area (Å²) in [6.45, 7) is 4.22. The number of nitrogens with zero attached hydrogens (tertiary/aromatic N) is 2. The molecule has 4 nitrogen and oxygen atoms in total. The van der Waals surface area contributed by atoms with Crippen LogP contribution in [0.15, 0.2) is 34.7 Å². The van der Waals surface area contributed by atoms with E-state index < -0.39 is 0 Å². The van der Waals surface area contributed by atoms with E-state index in [1.54, 1.807) is 0 Å². The molecule has 0 aliphatic rings. The van der Waals surface area contributed by atoms with Gasteiger partial charge in [0.25, 0.3) is 0 Å². The number of hydrogen-bond donors (Lipinski definition) is 1. The van der Waals surface area contributed by atoms with Crippen LogP contribution in [0.25, 0.3) is 0 Å². The Kier molecular flexibility index (Phi) is 3.54. The van der Waals surface area contributed by atoms with Crippen molar-refractivity contribution in [3.05, 3.63) is 47.7 Å². The lowest BCUT2D eigenvalue weighted by molar-refractivity contribution is 0.414. The summed E-state index contributed by atoms with van der Waals surface area (Å²) in [6, 6.07) is 9.41. The third kappa shape index (κ3) is 2.91. The molecule has 17 heavy (non-hydrogen) atoms. The first-order valence-electron chi connectivity index (χ1n) is 5.79. The number of aromatic nitrogens is 2. The van der Waals surface area contributed by atoms with Gasteiger partial charge in [0.05, 0.1) is 0 Å². The van der Waals surface area contributed by atoms with E-state index in [0.29, 0.717) is 17.7 Å². The van der Waals surface area contributed by atoms with E-state index in [0.717, 1.165) is 12.0 Å². The van der Waals surface area contributed by atoms with E-state index in [2.05, 4.69) is 24.0 Å². The molecule has 4 heteroatoms. The van der Waals surface area contributed by atoms with Gasteiger partial charge < -0.3 is 10.2 Å². The molecule has 0 fully saturated rings. The van der Waals surface area contributed by atoms with Crippen molar-refractivity contribution in [3.8, 4) is 0 Å². The zero-order valence-electron chi connectivity index (χ0n) is 10.1. The summed E-state index contributed by atoms with van der Waals surface area (Å²) in [5, 5.41) is 8.01. The molecule has 1 heterocycles. The summed E-state index contributed by atoms with van der Waals surface area (Å²) in [5.41, 5.74) is 7.04. The Morgan fingerprint density at radius 3 is 2.53 bits per heavy atom. The second-order valence-electron chi connectivity index (χ2n) is 4.52. The van der Waals surface area contributed by atoms with Crippen molar-refractivity contribution in [3.63, 3.8) is 0 Å². The zero-order valence-corrected chi connectivity index (χ0v) is 10.1. The first-order valence-corrected chi connectivity index (χ1v) is 5.79. The molecule has 1 unspecified atom stereocenters. The third-order valence-corrected chi connectivity index (χ3v) is 2.49. The molecule has 0 spiro atoms. The number of nitrogens with two attached hydrogens (primary N) is 1. The number of rotatable bonds is 4. The van der Waals surface area contributed by atoms with E-state index >= 15 is 0 Å². The van der Waals surface area contributed by atoms with Gasteiger partial charge in [-0.3, -0.25) is 0 Å². The maximum Gasteiger partial charge on any atom is 0.237 e. The maximum atomic E-state index is 6.06. The van der Waals surface area contributed by atoms with Crippen molar-refractivity contribution in [2.45, 2.75) is 26.3 Å². The van der Waals surface area contributed by atoms with Gasteiger partial charge in [-0.1, -0.05) is 44.2 Å². The third-order valence-electron chi connectivity index (χ3n) is 2.49. The highest BCUT2D eigenvalue weighted by molar-refractivity contribution is 5.22. The Hall–Kier alpha value is -1.68. The van der Waals surface area contributed by atoms with Gasteiger partial charge in [-0.15, -0.1) is 10.2 Å². The van der Waals surface area contributed by atoms with Crippen LogP contribution in [0.4, 0.5) is 0 Å². The van der Waals surface area contributed by atoms with Crippen LogP contribution in [0.2, 0.25) is 0 Å². The van der Waals surface area contributed by atoms with Gasteiger partial charge in [0.15, 0.2) is 0 Å². The Labute approximate surface area is 101 Å². The molecule has 2 rings (SSSR count). The number of hydrogen-bond acceptors (Lipinski definition) is 4. The van der Waals surface area contributed by atoms with E-state index in [9.17, 15) is 0 Å². The second-order valence-corrected chi connectivity index (χ2v) is 4.52. The molecule has 0 aliphatic carbocycles. The molecule has 1 atom stereocenters. The van der Waals surface area contributed by atoms with Crippen LogP contribution in [0.5, 0.6) is 0 Å². The van der Waals surface area contributed by atoms with Gasteiger partial charge in [-0.05, 0) is 11.5 Å². The minimum atomic E-state index is -0.343. The highest BCUT2D eigenvalue weighted by Gasteiger charge is 2.16. The summed E-state index contributed by atoms with van der Waals surface area (Å²) in [5.74, 6) is 1.63. The summed E-state index contributed by atoms with van der Waals surface area (Å²) < 4.78 is 5.56. The maximum absolute atomic E-state index is 6.06. The second kappa shape index (κ2) is 5.10. The predicted molar refractivity (Wildman–Crippen MR) is 65.3 cm³/mol. The van der Waals surface area contributed by atoms with Crippen molar-refractivity contribution in [2.75, 3.05) is 0 Å². The van der Waals surface area contributed by atoms with E-state index in [1.807, 2.05) is 30.3 Å². The van der Waals surface area contributed by atoms with E-state index in [4.69, 9.17) is 10.2 Å². The van der Waals surface area contributed by atoms with Crippen LogP contribution >= 0.6 is 0 Å². The van der Waals surface area contributed by atoms with Gasteiger partial charge in [0.1, 0.15) is 6.04 Å². The van der Waals surface area contributed by atoms with Crippen molar-refractivity contribution >= 4 is 0 Å². The Morgan fingerprint density at radius 1 is 1.18 bits per heavy atom. The lowest BCUT2D eigenvalue weighted by Gasteiger charge is -2.06. The quantitative estimate of drug-likeness (QED) is 0.877. The standard InChI is InChI=1S/C13H17N3O/c1-9(2)8-11-15-16-13(17-11)12(14)10-6-4-3-5-7-10/h3-7,9,12H,8,14H2,1-2H3. The van der Waals surface area contributed by atoms with Crippen molar-refractivity contribution in [1.29, 1.82) is 0 Å². The van der Waals surface area contributed by atoms with E-state index in [1.165, 1.54) is 0 Å². The summed E-state index contributed by atoms with van der Waals surface area (Å²) in [4.78, 5) is 0. The first kappa shape index (κ1) is 11.8. The molecule has 0 aliphatic heterocycles. The molecule has 2 N–H and O–H groups in total. The lowest BCUT2D eigenvalue weighted by atomic mass is 10.1. The molecule has 0 radical (unpaired) electrons. The molecule has 90 valence electrons. The molecular weight excluding hydrogens is 214 g/mol. The predicted octanol–water partition coefficient (Wildman–Crippen LogP) is 2.32. The molecule has 2 aromatic rings. The smallest absolute Gasteiger partial charge is 0.237 e. The lowest BCUT2D eigenvalue weighted by Crippen LogP contribution is -2.12. The fourth-order valence-corrected chi connectivity index (χ4v) is 1.63. The molecule has 0 bridgehead atoms. The minimum Gasteiger partial charge on any atom is -0.423 e. The van der Waals surface area contributed by atoms with Crippen LogP contribution in [0.3, 0.4) is 0 Å². The fourth-order valence-electron chi connectivity index (χ4n) is 1.63. The summed E-state index contributed by atoms with van der Waals surface area (Å²) in [6.07, 6.45) is 0.786. The fraction of sp³-hybridized carbons (Fsp3) is 0.385. The molecule has 0 amide bonds. The Bertz CT molecular complexity index is 465. The van der Waals surface area contributed by atoms with Crippen LogP contribution in [-0.2, 0) is 6.42 Å².